The molecule has 0 bridgehead atoms. The van der Waals surface area contributed by atoms with Gasteiger partial charge in [-0.15, -0.1) is 0 Å². The molecule has 0 N–H and O–H groups in total. The van der Waals surface area contributed by atoms with Crippen LogP contribution in [0.3, 0.4) is 0 Å². The molecule has 1 aliphatic carbocycles. The number of halogens is 1. The van der Waals surface area contributed by atoms with E-state index in [4.69, 9.17) is 0 Å². The van der Waals surface area contributed by atoms with Crippen molar-refractivity contribution in [2.75, 3.05) is 6.26 Å². The van der Waals surface area contributed by atoms with E-state index in [9.17, 15) is 4.79 Å². The van der Waals surface area contributed by atoms with E-state index in [2.05, 4.69) is 25.9 Å². The molecular weight excluding hydrogens is 338 g/mol. The third-order valence-corrected chi connectivity index (χ3v) is 5.01. The van der Waals surface area contributed by atoms with Gasteiger partial charge < -0.3 is 0 Å². The van der Waals surface area contributed by atoms with Crippen LogP contribution < -0.4 is 5.56 Å². The zero-order valence-corrected chi connectivity index (χ0v) is 13.7. The Balaban J connectivity index is 2.30. The highest BCUT2D eigenvalue weighted by molar-refractivity contribution is 9.08. The highest BCUT2D eigenvalue weighted by Crippen LogP contribution is 2.31. The molecule has 0 saturated heterocycles. The van der Waals surface area contributed by atoms with E-state index in [1.165, 1.54) is 24.6 Å². The van der Waals surface area contributed by atoms with Crippen LogP contribution in [0.1, 0.15) is 37.3 Å². The Bertz CT molecular complexity index is 695. The highest BCUT2D eigenvalue weighted by Gasteiger charge is 2.22. The van der Waals surface area contributed by atoms with E-state index in [-0.39, 0.29) is 11.6 Å². The first-order valence-electron chi connectivity index (χ1n) is 6.75. The van der Waals surface area contributed by atoms with Gasteiger partial charge in [0.05, 0.1) is 0 Å². The molecule has 106 valence electrons. The first-order chi connectivity index (χ1) is 9.74. The fourth-order valence-corrected chi connectivity index (χ4v) is 3.59. The number of pyridine rings is 1. The largest absolute Gasteiger partial charge is 0.289 e. The third kappa shape index (κ3) is 2.39. The summed E-state index contributed by atoms with van der Waals surface area (Å²) in [5.74, 6) is 0. The van der Waals surface area contributed by atoms with Crippen molar-refractivity contribution in [3.8, 4) is 0 Å². The van der Waals surface area contributed by atoms with Crippen molar-refractivity contribution in [1.82, 2.24) is 14.5 Å². The van der Waals surface area contributed by atoms with Crippen LogP contribution >= 0.6 is 27.7 Å². The van der Waals surface area contributed by atoms with Crippen molar-refractivity contribution >= 4 is 38.7 Å². The zero-order chi connectivity index (χ0) is 14.1. The molecular formula is C14H16BrN3OS. The molecule has 2 aromatic heterocycles. The molecule has 1 saturated carbocycles. The number of thioether (sulfide) groups is 1. The number of alkyl halides is 1. The fraction of sp³-hybridized carbons (Fsp3) is 0.500. The number of hydrogen-bond donors (Lipinski definition) is 0. The average Bonchev–Trinajstić information content (AvgIpc) is 2.99. The maximum atomic E-state index is 12.7. The lowest BCUT2D eigenvalue weighted by atomic mass is 10.2. The summed E-state index contributed by atoms with van der Waals surface area (Å²) < 4.78 is 1.90. The second-order valence-corrected chi connectivity index (χ2v) is 6.39. The van der Waals surface area contributed by atoms with Gasteiger partial charge in [0.25, 0.3) is 5.56 Å². The second-order valence-electron chi connectivity index (χ2n) is 5.05. The van der Waals surface area contributed by atoms with Gasteiger partial charge in [0.15, 0.2) is 5.16 Å². The molecule has 6 heteroatoms. The number of hydrogen-bond acceptors (Lipinski definition) is 4. The molecule has 0 radical (unpaired) electrons. The van der Waals surface area contributed by atoms with Crippen LogP contribution in [0.15, 0.2) is 22.2 Å². The topological polar surface area (TPSA) is 47.8 Å². The smallest absolute Gasteiger partial charge is 0.256 e. The van der Waals surface area contributed by atoms with Crippen molar-refractivity contribution in [2.24, 2.45) is 0 Å². The van der Waals surface area contributed by atoms with Gasteiger partial charge >= 0.3 is 0 Å². The summed E-state index contributed by atoms with van der Waals surface area (Å²) >= 11 is 4.91. The number of nitrogens with zero attached hydrogens (tertiary/aromatic N) is 3. The molecule has 0 amide bonds. The molecule has 0 aliphatic heterocycles. The number of fused-ring (bicyclic) bond motifs is 1. The molecule has 3 rings (SSSR count). The molecule has 0 unspecified atom stereocenters. The lowest BCUT2D eigenvalue weighted by molar-refractivity contribution is 0.512. The molecule has 1 fully saturated rings. The van der Waals surface area contributed by atoms with Gasteiger partial charge in [-0.2, -0.15) is 0 Å². The summed E-state index contributed by atoms with van der Waals surface area (Å²) in [6.07, 6.45) is 8.30. The Morgan fingerprint density at radius 3 is 2.85 bits per heavy atom. The summed E-state index contributed by atoms with van der Waals surface area (Å²) in [6.45, 7) is 0. The highest BCUT2D eigenvalue weighted by atomic mass is 79.9. The molecule has 1 aliphatic rings. The fourth-order valence-electron chi connectivity index (χ4n) is 2.86. The van der Waals surface area contributed by atoms with Gasteiger partial charge in [-0.25, -0.2) is 9.97 Å². The molecule has 2 aromatic rings. The Morgan fingerprint density at radius 1 is 1.45 bits per heavy atom. The first kappa shape index (κ1) is 14.1. The predicted octanol–water partition coefficient (Wildman–Crippen LogP) is 3.52. The van der Waals surface area contributed by atoms with Crippen molar-refractivity contribution in [3.05, 3.63) is 28.2 Å². The SMILES string of the molecule is CSc1ncc2cc(CBr)c(=O)n(C3CCCC3)c2n1. The maximum absolute atomic E-state index is 12.7. The minimum atomic E-state index is 0.0898. The summed E-state index contributed by atoms with van der Waals surface area (Å²) in [5.41, 5.74) is 1.66. The third-order valence-electron chi connectivity index (χ3n) is 3.84. The Kier molecular flexibility index (Phi) is 4.12. The van der Waals surface area contributed by atoms with E-state index >= 15 is 0 Å². The van der Waals surface area contributed by atoms with Gasteiger partial charge in [-0.1, -0.05) is 40.5 Å². The van der Waals surface area contributed by atoms with E-state index in [1.807, 2.05) is 23.1 Å². The van der Waals surface area contributed by atoms with Crippen LogP contribution in [0.2, 0.25) is 0 Å². The van der Waals surface area contributed by atoms with Crippen molar-refractivity contribution in [2.45, 2.75) is 42.2 Å². The van der Waals surface area contributed by atoms with E-state index in [0.29, 0.717) is 5.33 Å². The van der Waals surface area contributed by atoms with E-state index < -0.39 is 0 Å². The number of aromatic nitrogens is 3. The molecule has 4 nitrogen and oxygen atoms in total. The second kappa shape index (κ2) is 5.85. The predicted molar refractivity (Wildman–Crippen MR) is 85.7 cm³/mol. The monoisotopic (exact) mass is 353 g/mol. The molecule has 0 spiro atoms. The van der Waals surface area contributed by atoms with Crippen LogP contribution in [-0.2, 0) is 5.33 Å². The lowest BCUT2D eigenvalue weighted by Crippen LogP contribution is -2.27. The molecule has 0 atom stereocenters. The number of rotatable bonds is 3. The Labute approximate surface area is 130 Å². The van der Waals surface area contributed by atoms with Gasteiger partial charge in [-0.05, 0) is 25.2 Å². The summed E-state index contributed by atoms with van der Waals surface area (Å²) in [6, 6.07) is 2.19. The summed E-state index contributed by atoms with van der Waals surface area (Å²) in [7, 11) is 0. The van der Waals surface area contributed by atoms with Crippen LogP contribution in [-0.4, -0.2) is 20.8 Å². The van der Waals surface area contributed by atoms with Crippen LogP contribution in [0.4, 0.5) is 0 Å². The van der Waals surface area contributed by atoms with E-state index in [1.54, 1.807) is 0 Å². The molecule has 2 heterocycles. The maximum Gasteiger partial charge on any atom is 0.256 e. The average molecular weight is 354 g/mol. The van der Waals surface area contributed by atoms with Gasteiger partial charge in [-0.3, -0.25) is 9.36 Å². The van der Waals surface area contributed by atoms with Gasteiger partial charge in [0.2, 0.25) is 0 Å². The Hall–Kier alpha value is -0.880. The summed E-state index contributed by atoms with van der Waals surface area (Å²) in [4.78, 5) is 21.6. The van der Waals surface area contributed by atoms with Gasteiger partial charge in [0.1, 0.15) is 5.65 Å². The molecule has 20 heavy (non-hydrogen) atoms. The van der Waals surface area contributed by atoms with Crippen LogP contribution in [0.5, 0.6) is 0 Å². The van der Waals surface area contributed by atoms with Crippen molar-refractivity contribution < 1.29 is 0 Å². The van der Waals surface area contributed by atoms with Crippen LogP contribution in [0.25, 0.3) is 11.0 Å². The quantitative estimate of drug-likeness (QED) is 0.481. The first-order valence-corrected chi connectivity index (χ1v) is 9.10. The van der Waals surface area contributed by atoms with Crippen LogP contribution in [0, 0.1) is 0 Å². The van der Waals surface area contributed by atoms with E-state index in [0.717, 1.165) is 34.6 Å². The van der Waals surface area contributed by atoms with Crippen molar-refractivity contribution in [3.63, 3.8) is 0 Å². The Morgan fingerprint density at radius 2 is 2.20 bits per heavy atom. The molecule has 0 aromatic carbocycles. The standard InChI is InChI=1S/C14H16BrN3OS/c1-20-14-16-8-10-6-9(7-15)13(19)18(12(10)17-14)11-4-2-3-5-11/h6,8,11H,2-5,7H2,1H3. The minimum absolute atomic E-state index is 0.0898. The summed E-state index contributed by atoms with van der Waals surface area (Å²) in [5, 5.41) is 2.23. The normalized spacial score (nSPS) is 16.1. The zero-order valence-electron chi connectivity index (χ0n) is 11.3. The van der Waals surface area contributed by atoms with Crippen molar-refractivity contribution in [1.29, 1.82) is 0 Å². The minimum Gasteiger partial charge on any atom is -0.289 e. The van der Waals surface area contributed by atoms with Gasteiger partial charge in [0, 0.05) is 28.5 Å². The lowest BCUT2D eigenvalue weighted by Gasteiger charge is -2.17.